The Morgan fingerprint density at radius 1 is 1.04 bits per heavy atom. The first kappa shape index (κ1) is 18.8. The van der Waals surface area contributed by atoms with Crippen LogP contribution in [-0.2, 0) is 20.8 Å². The van der Waals surface area contributed by atoms with Gasteiger partial charge in [-0.2, -0.15) is 0 Å². The molecule has 6 nitrogen and oxygen atoms in total. The highest BCUT2D eigenvalue weighted by atomic mass is 16.5. The molecule has 28 heavy (non-hydrogen) atoms. The van der Waals surface area contributed by atoms with Gasteiger partial charge in [0.25, 0.3) is 0 Å². The summed E-state index contributed by atoms with van der Waals surface area (Å²) in [6.45, 7) is 2.00. The first-order valence-electron chi connectivity index (χ1n) is 10.2. The van der Waals surface area contributed by atoms with Crippen LogP contribution < -0.4 is 4.74 Å². The first-order chi connectivity index (χ1) is 13.5. The van der Waals surface area contributed by atoms with Gasteiger partial charge in [0.15, 0.2) is 5.78 Å². The monoisotopic (exact) mass is 383 g/mol. The summed E-state index contributed by atoms with van der Waals surface area (Å²) in [6, 6.07) is 3.52. The van der Waals surface area contributed by atoms with E-state index in [1.54, 1.807) is 6.07 Å². The molecule has 1 aromatic carbocycles. The number of imide groups is 1. The predicted octanol–water partition coefficient (Wildman–Crippen LogP) is 2.98. The van der Waals surface area contributed by atoms with Crippen molar-refractivity contribution in [3.8, 4) is 5.75 Å². The largest absolute Gasteiger partial charge is 0.426 e. The van der Waals surface area contributed by atoms with Crippen LogP contribution in [-0.4, -0.2) is 35.0 Å². The molecule has 3 aliphatic rings. The van der Waals surface area contributed by atoms with Crippen molar-refractivity contribution in [2.24, 2.45) is 11.8 Å². The Kier molecular flexibility index (Phi) is 5.04. The average Bonchev–Trinajstić information content (AvgIpc) is 2.93. The first-order valence-corrected chi connectivity index (χ1v) is 10.2. The van der Waals surface area contributed by atoms with Crippen LogP contribution in [0.4, 0.5) is 0 Å². The van der Waals surface area contributed by atoms with Crippen LogP contribution in [0.15, 0.2) is 12.1 Å². The highest BCUT2D eigenvalue weighted by molar-refractivity contribution is 6.05. The fraction of sp³-hybridized carbons (Fsp3) is 0.545. The van der Waals surface area contributed by atoms with E-state index in [1.807, 2.05) is 13.0 Å². The molecule has 148 valence electrons. The Hall–Kier alpha value is -2.50. The summed E-state index contributed by atoms with van der Waals surface area (Å²) < 4.78 is 5.48. The van der Waals surface area contributed by atoms with Crippen molar-refractivity contribution in [1.82, 2.24) is 4.90 Å². The van der Waals surface area contributed by atoms with E-state index in [9.17, 15) is 19.2 Å². The van der Waals surface area contributed by atoms with E-state index in [0.717, 1.165) is 49.7 Å². The number of rotatable bonds is 4. The van der Waals surface area contributed by atoms with Gasteiger partial charge in [-0.25, -0.2) is 0 Å². The summed E-state index contributed by atoms with van der Waals surface area (Å²) in [5.74, 6) is -0.946. The van der Waals surface area contributed by atoms with Crippen molar-refractivity contribution >= 4 is 23.6 Å². The lowest BCUT2D eigenvalue weighted by Gasteiger charge is -2.20. The Bertz CT molecular complexity index is 835. The van der Waals surface area contributed by atoms with Crippen molar-refractivity contribution in [1.29, 1.82) is 0 Å². The number of benzene rings is 1. The molecule has 0 N–H and O–H groups in total. The van der Waals surface area contributed by atoms with E-state index in [4.69, 9.17) is 4.74 Å². The molecule has 1 heterocycles. The van der Waals surface area contributed by atoms with Gasteiger partial charge < -0.3 is 4.74 Å². The number of fused-ring (bicyclic) bond motifs is 2. The van der Waals surface area contributed by atoms with Crippen molar-refractivity contribution in [3.63, 3.8) is 0 Å². The average molecular weight is 383 g/mol. The van der Waals surface area contributed by atoms with E-state index in [-0.39, 0.29) is 42.4 Å². The molecule has 0 unspecified atom stereocenters. The summed E-state index contributed by atoms with van der Waals surface area (Å²) in [4.78, 5) is 51.0. The van der Waals surface area contributed by atoms with Crippen molar-refractivity contribution < 1.29 is 23.9 Å². The molecule has 0 spiro atoms. The van der Waals surface area contributed by atoms with Gasteiger partial charge in [0.2, 0.25) is 11.8 Å². The van der Waals surface area contributed by atoms with Gasteiger partial charge in [-0.05, 0) is 49.8 Å². The van der Waals surface area contributed by atoms with Crippen LogP contribution in [0.1, 0.15) is 66.4 Å². The molecule has 2 atom stereocenters. The zero-order chi connectivity index (χ0) is 19.8. The maximum atomic E-state index is 12.5. The van der Waals surface area contributed by atoms with Crippen LogP contribution >= 0.6 is 0 Å². The van der Waals surface area contributed by atoms with Crippen LogP contribution in [0, 0.1) is 18.8 Å². The summed E-state index contributed by atoms with van der Waals surface area (Å²) in [7, 11) is 0. The van der Waals surface area contributed by atoms with Crippen LogP contribution in [0.5, 0.6) is 5.75 Å². The van der Waals surface area contributed by atoms with Crippen LogP contribution in [0.25, 0.3) is 0 Å². The fourth-order valence-electron chi connectivity index (χ4n) is 4.82. The number of esters is 1. The lowest BCUT2D eigenvalue weighted by molar-refractivity contribution is -0.141. The molecule has 1 saturated heterocycles. The van der Waals surface area contributed by atoms with Gasteiger partial charge in [-0.15, -0.1) is 0 Å². The minimum Gasteiger partial charge on any atom is -0.426 e. The third-order valence-corrected chi connectivity index (χ3v) is 6.31. The lowest BCUT2D eigenvalue weighted by atomic mass is 9.81. The molecular formula is C22H25NO5. The molecule has 2 aliphatic carbocycles. The third kappa shape index (κ3) is 3.25. The number of hydrogen-bond donors (Lipinski definition) is 0. The molecule has 0 bridgehead atoms. The highest BCUT2D eigenvalue weighted by Gasteiger charge is 2.47. The summed E-state index contributed by atoms with van der Waals surface area (Å²) in [6.07, 6.45) is 5.48. The minimum atomic E-state index is -0.528. The number of ketones is 1. The summed E-state index contributed by atoms with van der Waals surface area (Å²) in [5.41, 5.74) is 2.49. The molecule has 0 radical (unpaired) electrons. The quantitative estimate of drug-likeness (QED) is 0.454. The summed E-state index contributed by atoms with van der Waals surface area (Å²) in [5, 5.41) is 0. The second-order valence-electron chi connectivity index (χ2n) is 8.06. The summed E-state index contributed by atoms with van der Waals surface area (Å²) >= 11 is 0. The van der Waals surface area contributed by atoms with E-state index in [0.29, 0.717) is 17.7 Å². The SMILES string of the molecule is Cc1ccc(OC(=O)CCN2C(=O)[C@H]3CCCC[C@@H]3C2=O)c2c1CCCC2=O. The number of ether oxygens (including phenoxy) is 1. The molecule has 2 amide bonds. The van der Waals surface area contributed by atoms with Crippen LogP contribution in [0.2, 0.25) is 0 Å². The van der Waals surface area contributed by atoms with Gasteiger partial charge in [0.05, 0.1) is 23.8 Å². The van der Waals surface area contributed by atoms with Gasteiger partial charge in [0.1, 0.15) is 5.75 Å². The fourth-order valence-corrected chi connectivity index (χ4v) is 4.82. The van der Waals surface area contributed by atoms with Crippen molar-refractivity contribution in [2.45, 2.75) is 58.3 Å². The Morgan fingerprint density at radius 2 is 1.71 bits per heavy atom. The number of amides is 2. The zero-order valence-electron chi connectivity index (χ0n) is 16.2. The molecule has 1 aliphatic heterocycles. The lowest BCUT2D eigenvalue weighted by Crippen LogP contribution is -2.33. The van der Waals surface area contributed by atoms with Gasteiger partial charge in [-0.1, -0.05) is 18.9 Å². The third-order valence-electron chi connectivity index (χ3n) is 6.31. The van der Waals surface area contributed by atoms with Gasteiger partial charge in [0, 0.05) is 13.0 Å². The van der Waals surface area contributed by atoms with Gasteiger partial charge >= 0.3 is 5.97 Å². The maximum absolute atomic E-state index is 12.5. The van der Waals surface area contributed by atoms with E-state index in [1.165, 1.54) is 4.90 Å². The molecule has 1 aromatic rings. The zero-order valence-corrected chi connectivity index (χ0v) is 16.2. The number of Topliss-reactive ketones (excluding diaryl/α,β-unsaturated/α-hetero) is 1. The normalized spacial score (nSPS) is 24.2. The standard InChI is InChI=1S/C22H25NO5/c1-13-9-10-18(20-14(13)7-4-8-17(20)24)28-19(25)11-12-23-21(26)15-5-2-3-6-16(15)22(23)27/h9-10,15-16H,2-8,11-12H2,1H3/t15-,16-/m0/s1. The molecule has 0 aromatic heterocycles. The maximum Gasteiger partial charge on any atom is 0.313 e. The second-order valence-corrected chi connectivity index (χ2v) is 8.06. The molecule has 1 saturated carbocycles. The van der Waals surface area contributed by atoms with Crippen molar-refractivity contribution in [3.05, 3.63) is 28.8 Å². The van der Waals surface area contributed by atoms with Crippen LogP contribution in [0.3, 0.4) is 0 Å². The smallest absolute Gasteiger partial charge is 0.313 e. The Morgan fingerprint density at radius 3 is 2.39 bits per heavy atom. The molecule has 6 heteroatoms. The van der Waals surface area contributed by atoms with Crippen molar-refractivity contribution in [2.75, 3.05) is 6.54 Å². The Balaban J connectivity index is 1.43. The highest BCUT2D eigenvalue weighted by Crippen LogP contribution is 2.38. The molecule has 2 fully saturated rings. The molecular weight excluding hydrogens is 358 g/mol. The topological polar surface area (TPSA) is 80.8 Å². The van der Waals surface area contributed by atoms with Gasteiger partial charge in [-0.3, -0.25) is 24.1 Å². The van der Waals surface area contributed by atoms with E-state index < -0.39 is 5.97 Å². The number of nitrogens with zero attached hydrogens (tertiary/aromatic N) is 1. The van der Waals surface area contributed by atoms with E-state index in [2.05, 4.69) is 0 Å². The number of carbonyl (C=O) groups excluding carboxylic acids is 4. The number of aryl methyl sites for hydroxylation is 1. The van der Waals surface area contributed by atoms with E-state index >= 15 is 0 Å². The number of hydrogen-bond acceptors (Lipinski definition) is 5. The Labute approximate surface area is 164 Å². The number of carbonyl (C=O) groups is 4. The molecule has 4 rings (SSSR count). The minimum absolute atomic E-state index is 0.00160. The predicted molar refractivity (Wildman–Crippen MR) is 101 cm³/mol. The second kappa shape index (κ2) is 7.49. The number of likely N-dealkylation sites (tertiary alicyclic amines) is 1.